The molecule has 0 fully saturated rings. The van der Waals surface area contributed by atoms with Crippen LogP contribution in [0.2, 0.25) is 5.02 Å². The van der Waals surface area contributed by atoms with Gasteiger partial charge in [0.2, 0.25) is 5.78 Å². The summed E-state index contributed by atoms with van der Waals surface area (Å²) < 4.78 is 10.8. The molecular formula is C17H14ClNO3. The van der Waals surface area contributed by atoms with Crippen molar-refractivity contribution >= 4 is 17.4 Å². The monoisotopic (exact) mass is 315 g/mol. The smallest absolute Gasteiger partial charge is 0.203 e. The molecule has 0 spiro atoms. The van der Waals surface area contributed by atoms with E-state index in [2.05, 4.69) is 0 Å². The van der Waals surface area contributed by atoms with E-state index >= 15 is 0 Å². The maximum absolute atomic E-state index is 12.3. The molecule has 2 rings (SSSR count). The average molecular weight is 316 g/mol. The van der Waals surface area contributed by atoms with Crippen molar-refractivity contribution in [1.82, 2.24) is 0 Å². The van der Waals surface area contributed by atoms with Gasteiger partial charge in [0, 0.05) is 16.7 Å². The Bertz CT molecular complexity index is 737. The zero-order valence-corrected chi connectivity index (χ0v) is 12.9. The molecule has 1 atom stereocenters. The summed E-state index contributed by atoms with van der Waals surface area (Å²) in [6.07, 6.45) is -0.708. The first-order valence-corrected chi connectivity index (χ1v) is 6.97. The van der Waals surface area contributed by atoms with Gasteiger partial charge in [0.1, 0.15) is 0 Å². The SMILES string of the molecule is COc1cc(C#N)ccc1OC(C)C(=O)c1cccc(Cl)c1. The molecule has 22 heavy (non-hydrogen) atoms. The number of carbonyl (C=O) groups is 1. The van der Waals surface area contributed by atoms with Crippen LogP contribution in [0.15, 0.2) is 42.5 Å². The van der Waals surface area contributed by atoms with Crippen LogP contribution in [0.4, 0.5) is 0 Å². The van der Waals surface area contributed by atoms with Gasteiger partial charge in [0.25, 0.3) is 0 Å². The number of rotatable bonds is 5. The molecular weight excluding hydrogens is 302 g/mol. The molecule has 0 saturated carbocycles. The van der Waals surface area contributed by atoms with E-state index in [1.807, 2.05) is 6.07 Å². The molecule has 5 heteroatoms. The van der Waals surface area contributed by atoms with Crippen molar-refractivity contribution < 1.29 is 14.3 Å². The Balaban J connectivity index is 2.20. The molecule has 0 saturated heterocycles. The summed E-state index contributed by atoms with van der Waals surface area (Å²) in [6, 6.07) is 13.5. The van der Waals surface area contributed by atoms with Gasteiger partial charge < -0.3 is 9.47 Å². The predicted molar refractivity (Wildman–Crippen MR) is 83.6 cm³/mol. The molecule has 0 bridgehead atoms. The first kappa shape index (κ1) is 15.9. The third-order valence-corrected chi connectivity index (χ3v) is 3.31. The summed E-state index contributed by atoms with van der Waals surface area (Å²) in [5, 5.41) is 9.37. The average Bonchev–Trinajstić information content (AvgIpc) is 2.54. The second-order valence-electron chi connectivity index (χ2n) is 4.61. The molecule has 0 heterocycles. The molecule has 112 valence electrons. The van der Waals surface area contributed by atoms with Crippen LogP contribution in [-0.4, -0.2) is 19.0 Å². The number of ketones is 1. The molecule has 0 aromatic heterocycles. The van der Waals surface area contributed by atoms with E-state index in [1.165, 1.54) is 7.11 Å². The number of hydrogen-bond acceptors (Lipinski definition) is 4. The van der Waals surface area contributed by atoms with Crippen molar-refractivity contribution in [3.05, 3.63) is 58.6 Å². The lowest BCUT2D eigenvalue weighted by atomic mass is 10.1. The fourth-order valence-electron chi connectivity index (χ4n) is 1.95. The molecule has 0 aliphatic heterocycles. The van der Waals surface area contributed by atoms with E-state index in [4.69, 9.17) is 26.3 Å². The number of carbonyl (C=O) groups excluding carboxylic acids is 1. The summed E-state index contributed by atoms with van der Waals surface area (Å²) in [5.74, 6) is 0.628. The van der Waals surface area contributed by atoms with Gasteiger partial charge >= 0.3 is 0 Å². The number of ether oxygens (including phenoxy) is 2. The first-order valence-electron chi connectivity index (χ1n) is 6.59. The summed E-state index contributed by atoms with van der Waals surface area (Å²) in [4.78, 5) is 12.3. The molecule has 0 aliphatic carbocycles. The predicted octanol–water partition coefficient (Wildman–Crippen LogP) is 3.87. The Hall–Kier alpha value is -2.51. The molecule has 0 N–H and O–H groups in total. The molecule has 0 amide bonds. The van der Waals surface area contributed by atoms with Crippen LogP contribution >= 0.6 is 11.6 Å². The van der Waals surface area contributed by atoms with Gasteiger partial charge in [-0.15, -0.1) is 0 Å². The van der Waals surface area contributed by atoms with E-state index in [0.29, 0.717) is 27.6 Å². The van der Waals surface area contributed by atoms with Crippen molar-refractivity contribution in [2.45, 2.75) is 13.0 Å². The number of halogens is 1. The topological polar surface area (TPSA) is 59.3 Å². The zero-order chi connectivity index (χ0) is 16.1. The molecule has 1 unspecified atom stereocenters. The zero-order valence-electron chi connectivity index (χ0n) is 12.2. The van der Waals surface area contributed by atoms with E-state index in [-0.39, 0.29) is 5.78 Å². The van der Waals surface area contributed by atoms with E-state index in [9.17, 15) is 4.79 Å². The fourth-order valence-corrected chi connectivity index (χ4v) is 2.15. The van der Waals surface area contributed by atoms with Crippen LogP contribution in [0.1, 0.15) is 22.8 Å². The molecule has 4 nitrogen and oxygen atoms in total. The first-order chi connectivity index (χ1) is 10.5. The largest absolute Gasteiger partial charge is 0.493 e. The molecule has 2 aromatic carbocycles. The highest BCUT2D eigenvalue weighted by Crippen LogP contribution is 2.29. The molecule has 0 aliphatic rings. The highest BCUT2D eigenvalue weighted by atomic mass is 35.5. The Morgan fingerprint density at radius 3 is 2.64 bits per heavy atom. The van der Waals surface area contributed by atoms with Gasteiger partial charge in [-0.3, -0.25) is 4.79 Å². The van der Waals surface area contributed by atoms with E-state index in [1.54, 1.807) is 49.4 Å². The normalized spacial score (nSPS) is 11.4. The van der Waals surface area contributed by atoms with Crippen LogP contribution in [0.5, 0.6) is 11.5 Å². The minimum atomic E-state index is -0.708. The van der Waals surface area contributed by atoms with Crippen molar-refractivity contribution in [3.8, 4) is 17.6 Å². The van der Waals surface area contributed by atoms with Crippen LogP contribution in [0.3, 0.4) is 0 Å². The summed E-state index contributed by atoms with van der Waals surface area (Å²) in [5.41, 5.74) is 0.936. The van der Waals surface area contributed by atoms with Crippen molar-refractivity contribution in [3.63, 3.8) is 0 Å². The van der Waals surface area contributed by atoms with Crippen molar-refractivity contribution in [2.24, 2.45) is 0 Å². The second-order valence-corrected chi connectivity index (χ2v) is 5.05. The van der Waals surface area contributed by atoms with E-state index < -0.39 is 6.10 Å². The summed E-state index contributed by atoms with van der Waals surface area (Å²) in [7, 11) is 1.48. The van der Waals surface area contributed by atoms with Gasteiger partial charge in [-0.05, 0) is 31.2 Å². The number of Topliss-reactive ketones (excluding diaryl/α,β-unsaturated/α-hetero) is 1. The highest BCUT2D eigenvalue weighted by Gasteiger charge is 2.19. The lowest BCUT2D eigenvalue weighted by molar-refractivity contribution is 0.0814. The van der Waals surface area contributed by atoms with E-state index in [0.717, 1.165) is 0 Å². The second kappa shape index (κ2) is 6.97. The minimum Gasteiger partial charge on any atom is -0.493 e. The minimum absolute atomic E-state index is 0.186. The van der Waals surface area contributed by atoms with Gasteiger partial charge in [0.15, 0.2) is 17.6 Å². The lowest BCUT2D eigenvalue weighted by Gasteiger charge is -2.16. The van der Waals surface area contributed by atoms with Crippen LogP contribution in [0.25, 0.3) is 0 Å². The van der Waals surface area contributed by atoms with Crippen molar-refractivity contribution in [1.29, 1.82) is 5.26 Å². The van der Waals surface area contributed by atoms with Gasteiger partial charge in [-0.1, -0.05) is 23.7 Å². The molecule has 0 radical (unpaired) electrons. The fraction of sp³-hybridized carbons (Fsp3) is 0.176. The maximum Gasteiger partial charge on any atom is 0.203 e. The Morgan fingerprint density at radius 2 is 2.00 bits per heavy atom. The number of benzene rings is 2. The number of nitriles is 1. The highest BCUT2D eigenvalue weighted by molar-refractivity contribution is 6.31. The number of nitrogens with zero attached hydrogens (tertiary/aromatic N) is 1. The van der Waals surface area contributed by atoms with Crippen molar-refractivity contribution in [2.75, 3.05) is 7.11 Å². The lowest BCUT2D eigenvalue weighted by Crippen LogP contribution is -2.24. The summed E-state index contributed by atoms with van der Waals surface area (Å²) >= 11 is 5.89. The Labute approximate surface area is 133 Å². The molecule has 2 aromatic rings. The van der Waals surface area contributed by atoms with Crippen LogP contribution in [-0.2, 0) is 0 Å². The van der Waals surface area contributed by atoms with Gasteiger partial charge in [0.05, 0.1) is 18.7 Å². The third-order valence-electron chi connectivity index (χ3n) is 3.07. The van der Waals surface area contributed by atoms with Crippen LogP contribution in [0, 0.1) is 11.3 Å². The summed E-state index contributed by atoms with van der Waals surface area (Å²) in [6.45, 7) is 1.65. The Kier molecular flexibility index (Phi) is 5.03. The van der Waals surface area contributed by atoms with Gasteiger partial charge in [-0.2, -0.15) is 5.26 Å². The van der Waals surface area contributed by atoms with Crippen LogP contribution < -0.4 is 9.47 Å². The third kappa shape index (κ3) is 3.57. The Morgan fingerprint density at radius 1 is 1.23 bits per heavy atom. The number of methoxy groups -OCH3 is 1. The number of hydrogen-bond donors (Lipinski definition) is 0. The quantitative estimate of drug-likeness (QED) is 0.786. The van der Waals surface area contributed by atoms with Gasteiger partial charge in [-0.25, -0.2) is 0 Å². The standard InChI is InChI=1S/C17H14ClNO3/c1-11(17(20)13-4-3-5-14(18)9-13)22-15-7-6-12(10-19)8-16(15)21-2/h3-9,11H,1-2H3. The maximum atomic E-state index is 12.3.